The minimum Gasteiger partial charge on any atom is -0.382 e. The molecule has 0 atom stereocenters. The van der Waals surface area contributed by atoms with E-state index in [0.717, 1.165) is 17.8 Å². The molecule has 0 amide bonds. The van der Waals surface area contributed by atoms with Crippen LogP contribution in [-0.4, -0.2) is 19.7 Å². The van der Waals surface area contributed by atoms with Crippen LogP contribution in [0.4, 0.5) is 5.82 Å². The second-order valence-corrected chi connectivity index (χ2v) is 4.17. The van der Waals surface area contributed by atoms with E-state index < -0.39 is 0 Å². The predicted octanol–water partition coefficient (Wildman–Crippen LogP) is 1.58. The SMILES string of the molecule is CC(C)Cn1cc(-c2cnc(N)cn2)cn1. The zero-order valence-electron chi connectivity index (χ0n) is 9.46. The topological polar surface area (TPSA) is 69.6 Å². The molecule has 0 saturated carbocycles. The average Bonchev–Trinajstić information content (AvgIpc) is 2.66. The summed E-state index contributed by atoms with van der Waals surface area (Å²) in [4.78, 5) is 8.20. The fourth-order valence-corrected chi connectivity index (χ4v) is 1.46. The first-order valence-electron chi connectivity index (χ1n) is 5.25. The Kier molecular flexibility index (Phi) is 2.85. The van der Waals surface area contributed by atoms with Crippen LogP contribution in [0.3, 0.4) is 0 Å². The summed E-state index contributed by atoms with van der Waals surface area (Å²) < 4.78 is 1.91. The number of rotatable bonds is 3. The number of anilines is 1. The monoisotopic (exact) mass is 217 g/mol. The van der Waals surface area contributed by atoms with Gasteiger partial charge in [-0.3, -0.25) is 9.67 Å². The molecule has 0 unspecified atom stereocenters. The summed E-state index contributed by atoms with van der Waals surface area (Å²) in [5, 5.41) is 4.27. The Labute approximate surface area is 94.3 Å². The van der Waals surface area contributed by atoms with Crippen molar-refractivity contribution in [1.82, 2.24) is 19.7 Å². The van der Waals surface area contributed by atoms with Gasteiger partial charge < -0.3 is 5.73 Å². The Morgan fingerprint density at radius 2 is 2.06 bits per heavy atom. The molecule has 2 heterocycles. The molecule has 2 N–H and O–H groups in total. The molecule has 0 aliphatic heterocycles. The molecule has 0 bridgehead atoms. The highest BCUT2D eigenvalue weighted by molar-refractivity contribution is 5.56. The summed E-state index contributed by atoms with van der Waals surface area (Å²) in [5.74, 6) is 1.00. The van der Waals surface area contributed by atoms with Gasteiger partial charge in [0.1, 0.15) is 5.82 Å². The second-order valence-electron chi connectivity index (χ2n) is 4.17. The Morgan fingerprint density at radius 3 is 2.69 bits per heavy atom. The lowest BCUT2D eigenvalue weighted by molar-refractivity contribution is 0.483. The first-order chi connectivity index (χ1) is 7.65. The normalized spacial score (nSPS) is 10.9. The van der Waals surface area contributed by atoms with E-state index in [9.17, 15) is 0 Å². The van der Waals surface area contributed by atoms with E-state index in [1.165, 1.54) is 0 Å². The van der Waals surface area contributed by atoms with Crippen LogP contribution in [0.5, 0.6) is 0 Å². The van der Waals surface area contributed by atoms with Gasteiger partial charge in [0.2, 0.25) is 0 Å². The second kappa shape index (κ2) is 4.30. The van der Waals surface area contributed by atoms with Crippen molar-refractivity contribution in [3.05, 3.63) is 24.8 Å². The highest BCUT2D eigenvalue weighted by Crippen LogP contribution is 2.15. The standard InChI is InChI=1S/C11H15N5/c1-8(2)6-16-7-9(3-15-16)10-4-14-11(12)5-13-10/h3-5,7-8H,6H2,1-2H3,(H2,12,14). The van der Waals surface area contributed by atoms with Crippen LogP contribution >= 0.6 is 0 Å². The summed E-state index contributed by atoms with van der Waals surface area (Å²) >= 11 is 0. The maximum absolute atomic E-state index is 5.48. The molecule has 5 nitrogen and oxygen atoms in total. The lowest BCUT2D eigenvalue weighted by atomic mass is 10.2. The van der Waals surface area contributed by atoms with E-state index in [2.05, 4.69) is 28.9 Å². The fourth-order valence-electron chi connectivity index (χ4n) is 1.46. The van der Waals surface area contributed by atoms with Crippen molar-refractivity contribution >= 4 is 5.82 Å². The summed E-state index contributed by atoms with van der Waals surface area (Å²) in [6.45, 7) is 5.22. The Balaban J connectivity index is 2.21. The smallest absolute Gasteiger partial charge is 0.141 e. The molecule has 0 radical (unpaired) electrons. The molecule has 0 saturated heterocycles. The van der Waals surface area contributed by atoms with Crippen LogP contribution in [0.1, 0.15) is 13.8 Å². The van der Waals surface area contributed by atoms with Crippen LogP contribution in [0.15, 0.2) is 24.8 Å². The molecule has 16 heavy (non-hydrogen) atoms. The van der Waals surface area contributed by atoms with E-state index in [4.69, 9.17) is 5.73 Å². The van der Waals surface area contributed by atoms with Gasteiger partial charge in [0.15, 0.2) is 0 Å². The van der Waals surface area contributed by atoms with Gasteiger partial charge in [-0.1, -0.05) is 13.8 Å². The summed E-state index contributed by atoms with van der Waals surface area (Å²) in [6, 6.07) is 0. The van der Waals surface area contributed by atoms with Crippen molar-refractivity contribution in [1.29, 1.82) is 0 Å². The molecule has 0 aliphatic carbocycles. The van der Waals surface area contributed by atoms with Crippen molar-refractivity contribution in [3.63, 3.8) is 0 Å². The third-order valence-electron chi connectivity index (χ3n) is 2.15. The Hall–Kier alpha value is -1.91. The minimum atomic E-state index is 0.429. The number of nitrogen functional groups attached to an aromatic ring is 1. The van der Waals surface area contributed by atoms with Gasteiger partial charge in [0.05, 0.1) is 24.3 Å². The number of nitrogens with zero attached hydrogens (tertiary/aromatic N) is 4. The number of nitrogens with two attached hydrogens (primary N) is 1. The van der Waals surface area contributed by atoms with Gasteiger partial charge in [-0.2, -0.15) is 5.10 Å². The van der Waals surface area contributed by atoms with Gasteiger partial charge in [0.25, 0.3) is 0 Å². The molecule has 5 heteroatoms. The first-order valence-corrected chi connectivity index (χ1v) is 5.25. The zero-order chi connectivity index (χ0) is 11.5. The van der Waals surface area contributed by atoms with Gasteiger partial charge in [-0.25, -0.2) is 4.98 Å². The Morgan fingerprint density at radius 1 is 1.25 bits per heavy atom. The molecular weight excluding hydrogens is 202 g/mol. The summed E-state index contributed by atoms with van der Waals surface area (Å²) in [7, 11) is 0. The van der Waals surface area contributed by atoms with E-state index in [-0.39, 0.29) is 0 Å². The van der Waals surface area contributed by atoms with Crippen molar-refractivity contribution in [2.24, 2.45) is 5.92 Å². The van der Waals surface area contributed by atoms with E-state index in [1.54, 1.807) is 18.6 Å². The molecular formula is C11H15N5. The molecule has 0 fully saturated rings. The van der Waals surface area contributed by atoms with Crippen LogP contribution in [0.2, 0.25) is 0 Å². The molecule has 2 aromatic heterocycles. The van der Waals surface area contributed by atoms with Crippen molar-refractivity contribution in [3.8, 4) is 11.3 Å². The highest BCUT2D eigenvalue weighted by atomic mass is 15.3. The van der Waals surface area contributed by atoms with E-state index in [0.29, 0.717) is 11.7 Å². The van der Waals surface area contributed by atoms with Crippen LogP contribution in [0, 0.1) is 5.92 Å². The Bertz CT molecular complexity index is 457. The average molecular weight is 217 g/mol. The largest absolute Gasteiger partial charge is 0.382 e. The third-order valence-corrected chi connectivity index (χ3v) is 2.15. The van der Waals surface area contributed by atoms with Crippen LogP contribution in [0.25, 0.3) is 11.3 Å². The maximum atomic E-state index is 5.48. The fraction of sp³-hybridized carbons (Fsp3) is 0.364. The number of hydrogen-bond acceptors (Lipinski definition) is 4. The van der Waals surface area contributed by atoms with Crippen molar-refractivity contribution < 1.29 is 0 Å². The molecule has 0 aromatic carbocycles. The minimum absolute atomic E-state index is 0.429. The first kappa shape index (κ1) is 10.6. The van der Waals surface area contributed by atoms with Crippen LogP contribution in [-0.2, 0) is 6.54 Å². The van der Waals surface area contributed by atoms with Gasteiger partial charge in [-0.05, 0) is 5.92 Å². The van der Waals surface area contributed by atoms with E-state index in [1.807, 2.05) is 10.9 Å². The van der Waals surface area contributed by atoms with Crippen molar-refractivity contribution in [2.75, 3.05) is 5.73 Å². The van der Waals surface area contributed by atoms with Crippen LogP contribution < -0.4 is 5.73 Å². The number of aromatic nitrogens is 4. The third kappa shape index (κ3) is 2.36. The molecule has 0 spiro atoms. The molecule has 84 valence electrons. The van der Waals surface area contributed by atoms with Gasteiger partial charge >= 0.3 is 0 Å². The van der Waals surface area contributed by atoms with Gasteiger partial charge in [0, 0.05) is 18.3 Å². The predicted molar refractivity (Wildman–Crippen MR) is 62.5 cm³/mol. The quantitative estimate of drug-likeness (QED) is 0.847. The summed E-state index contributed by atoms with van der Waals surface area (Å²) in [5.41, 5.74) is 7.24. The molecule has 2 rings (SSSR count). The summed E-state index contributed by atoms with van der Waals surface area (Å²) in [6.07, 6.45) is 6.98. The zero-order valence-corrected chi connectivity index (χ0v) is 9.46. The van der Waals surface area contributed by atoms with Crippen molar-refractivity contribution in [2.45, 2.75) is 20.4 Å². The van der Waals surface area contributed by atoms with E-state index >= 15 is 0 Å². The number of hydrogen-bond donors (Lipinski definition) is 1. The molecule has 0 aliphatic rings. The lowest BCUT2D eigenvalue weighted by Gasteiger charge is -2.03. The maximum Gasteiger partial charge on any atom is 0.141 e. The van der Waals surface area contributed by atoms with Gasteiger partial charge in [-0.15, -0.1) is 0 Å². The lowest BCUT2D eigenvalue weighted by Crippen LogP contribution is -2.04. The molecule has 2 aromatic rings. The highest BCUT2D eigenvalue weighted by Gasteiger charge is 2.04.